The van der Waals surface area contributed by atoms with Crippen LogP contribution in [0.5, 0.6) is 0 Å². The number of aldehydes is 1. The van der Waals surface area contributed by atoms with E-state index < -0.39 is 0 Å². The molecule has 0 spiro atoms. The van der Waals surface area contributed by atoms with Crippen LogP contribution in [-0.4, -0.2) is 6.29 Å². The van der Waals surface area contributed by atoms with Crippen molar-refractivity contribution in [2.75, 3.05) is 0 Å². The fourth-order valence-electron chi connectivity index (χ4n) is 3.03. The van der Waals surface area contributed by atoms with E-state index in [2.05, 4.69) is 13.8 Å². The van der Waals surface area contributed by atoms with Gasteiger partial charge in [-0.05, 0) is 36.5 Å². The molecule has 0 aromatic heterocycles. The summed E-state index contributed by atoms with van der Waals surface area (Å²) < 4.78 is 0. The van der Waals surface area contributed by atoms with E-state index in [1.165, 1.54) is 19.1 Å². The quantitative estimate of drug-likeness (QED) is 0.527. The van der Waals surface area contributed by atoms with Gasteiger partial charge in [-0.1, -0.05) is 13.8 Å². The Labute approximate surface area is 68.2 Å². The molecule has 3 aliphatic rings. The van der Waals surface area contributed by atoms with Crippen LogP contribution in [0, 0.1) is 23.2 Å². The Morgan fingerprint density at radius 1 is 1.36 bits per heavy atom. The molecule has 11 heavy (non-hydrogen) atoms. The first kappa shape index (κ1) is 7.33. The first-order chi connectivity index (χ1) is 5.16. The zero-order valence-electron chi connectivity index (χ0n) is 7.34. The normalized spacial score (nSPS) is 46.2. The molecule has 3 saturated carbocycles. The van der Waals surface area contributed by atoms with Crippen molar-refractivity contribution in [3.05, 3.63) is 0 Å². The smallest absolute Gasteiger partial charge is 0.123 e. The minimum Gasteiger partial charge on any atom is -0.303 e. The largest absolute Gasteiger partial charge is 0.303 e. The molecule has 3 rings (SSSR count). The zero-order chi connectivity index (χ0) is 8.06. The number of rotatable bonds is 1. The Bertz CT molecular complexity index is 181. The van der Waals surface area contributed by atoms with Crippen LogP contribution in [-0.2, 0) is 4.79 Å². The van der Waals surface area contributed by atoms with Crippen molar-refractivity contribution in [3.63, 3.8) is 0 Å². The van der Waals surface area contributed by atoms with E-state index in [9.17, 15) is 4.79 Å². The zero-order valence-corrected chi connectivity index (χ0v) is 7.34. The third kappa shape index (κ3) is 0.800. The predicted molar refractivity (Wildman–Crippen MR) is 44.2 cm³/mol. The van der Waals surface area contributed by atoms with Gasteiger partial charge in [-0.3, -0.25) is 0 Å². The monoisotopic (exact) mass is 152 g/mol. The van der Waals surface area contributed by atoms with Crippen LogP contribution in [0.2, 0.25) is 0 Å². The predicted octanol–water partition coefficient (Wildman–Crippen LogP) is 2.26. The molecular formula is C10H16O. The number of hydrogen-bond acceptors (Lipinski definition) is 1. The SMILES string of the molecule is CC1(C)[C@@H]2CC[C@@H](C=O)[C@H]1C2. The summed E-state index contributed by atoms with van der Waals surface area (Å²) in [7, 11) is 0. The van der Waals surface area contributed by atoms with Gasteiger partial charge in [0.2, 0.25) is 0 Å². The molecule has 3 atom stereocenters. The second-order valence-electron chi connectivity index (χ2n) is 4.74. The molecule has 0 amide bonds. The first-order valence-corrected chi connectivity index (χ1v) is 4.61. The highest BCUT2D eigenvalue weighted by atomic mass is 16.1. The van der Waals surface area contributed by atoms with Crippen molar-refractivity contribution in [2.24, 2.45) is 23.2 Å². The van der Waals surface area contributed by atoms with Crippen molar-refractivity contribution in [2.45, 2.75) is 33.1 Å². The summed E-state index contributed by atoms with van der Waals surface area (Å²) in [5, 5.41) is 0. The highest BCUT2D eigenvalue weighted by Crippen LogP contribution is 2.60. The van der Waals surface area contributed by atoms with E-state index in [1.807, 2.05) is 0 Å². The summed E-state index contributed by atoms with van der Waals surface area (Å²) >= 11 is 0. The van der Waals surface area contributed by atoms with Crippen LogP contribution in [0.15, 0.2) is 0 Å². The Hall–Kier alpha value is -0.330. The van der Waals surface area contributed by atoms with E-state index in [1.54, 1.807) is 0 Å². The molecule has 0 N–H and O–H groups in total. The molecule has 3 aliphatic carbocycles. The van der Waals surface area contributed by atoms with Gasteiger partial charge in [0.1, 0.15) is 6.29 Å². The molecule has 1 heteroatoms. The molecule has 3 fully saturated rings. The van der Waals surface area contributed by atoms with Gasteiger partial charge < -0.3 is 4.79 Å². The van der Waals surface area contributed by atoms with Crippen LogP contribution in [0.3, 0.4) is 0 Å². The van der Waals surface area contributed by atoms with Gasteiger partial charge in [-0.15, -0.1) is 0 Å². The van der Waals surface area contributed by atoms with Crippen LogP contribution in [0.25, 0.3) is 0 Å². The Morgan fingerprint density at radius 2 is 2.09 bits per heavy atom. The van der Waals surface area contributed by atoms with Crippen molar-refractivity contribution < 1.29 is 4.79 Å². The van der Waals surface area contributed by atoms with Crippen LogP contribution in [0.4, 0.5) is 0 Å². The summed E-state index contributed by atoms with van der Waals surface area (Å²) in [4.78, 5) is 10.7. The molecule has 0 saturated heterocycles. The molecule has 0 unspecified atom stereocenters. The van der Waals surface area contributed by atoms with Gasteiger partial charge in [0.25, 0.3) is 0 Å². The molecule has 0 radical (unpaired) electrons. The van der Waals surface area contributed by atoms with Gasteiger partial charge in [0.15, 0.2) is 0 Å². The Kier molecular flexibility index (Phi) is 1.39. The fourth-order valence-corrected chi connectivity index (χ4v) is 3.03. The minimum atomic E-state index is 0.384. The molecule has 0 aromatic rings. The maximum absolute atomic E-state index is 10.7. The standard InChI is InChI=1S/C10H16O/c1-10(2)8-4-3-7(6-11)9(10)5-8/h6-9H,3-5H2,1-2H3/t7-,8+,9+/m0/s1. The molecule has 2 bridgehead atoms. The van der Waals surface area contributed by atoms with Crippen LogP contribution in [0.1, 0.15) is 33.1 Å². The van der Waals surface area contributed by atoms with Crippen molar-refractivity contribution >= 4 is 6.29 Å². The highest BCUT2D eigenvalue weighted by molar-refractivity contribution is 5.55. The minimum absolute atomic E-state index is 0.384. The molecular weight excluding hydrogens is 136 g/mol. The average Bonchev–Trinajstić information content (AvgIpc) is 2.04. The van der Waals surface area contributed by atoms with Gasteiger partial charge in [0.05, 0.1) is 0 Å². The van der Waals surface area contributed by atoms with Gasteiger partial charge >= 0.3 is 0 Å². The third-order valence-electron chi connectivity index (χ3n) is 4.09. The molecule has 0 heterocycles. The van der Waals surface area contributed by atoms with E-state index in [4.69, 9.17) is 0 Å². The summed E-state index contributed by atoms with van der Waals surface area (Å²) in [5.41, 5.74) is 0.476. The average molecular weight is 152 g/mol. The Morgan fingerprint density at radius 3 is 2.45 bits per heavy atom. The topological polar surface area (TPSA) is 17.1 Å². The second-order valence-corrected chi connectivity index (χ2v) is 4.74. The lowest BCUT2D eigenvalue weighted by molar-refractivity contribution is -0.134. The van der Waals surface area contributed by atoms with Crippen LogP contribution >= 0.6 is 0 Å². The lowest BCUT2D eigenvalue weighted by Gasteiger charge is -2.59. The first-order valence-electron chi connectivity index (χ1n) is 4.61. The number of carbonyl (C=O) groups excluding carboxylic acids is 1. The molecule has 0 aliphatic heterocycles. The van der Waals surface area contributed by atoms with Gasteiger partial charge in [0, 0.05) is 5.92 Å². The molecule has 1 nitrogen and oxygen atoms in total. The third-order valence-corrected chi connectivity index (χ3v) is 4.09. The maximum atomic E-state index is 10.7. The molecule has 62 valence electrons. The summed E-state index contributed by atoms with van der Waals surface area (Å²) in [5.74, 6) is 2.01. The van der Waals surface area contributed by atoms with E-state index in [0.29, 0.717) is 17.3 Å². The lowest BCUT2D eigenvalue weighted by atomic mass is 9.46. The van der Waals surface area contributed by atoms with Crippen molar-refractivity contribution in [1.29, 1.82) is 0 Å². The molecule has 0 aromatic carbocycles. The number of hydrogen-bond donors (Lipinski definition) is 0. The highest BCUT2D eigenvalue weighted by Gasteiger charge is 2.53. The van der Waals surface area contributed by atoms with Crippen molar-refractivity contribution in [3.8, 4) is 0 Å². The van der Waals surface area contributed by atoms with E-state index in [0.717, 1.165) is 12.3 Å². The number of fused-ring (bicyclic) bond motifs is 2. The van der Waals surface area contributed by atoms with Crippen LogP contribution < -0.4 is 0 Å². The maximum Gasteiger partial charge on any atom is 0.123 e. The second kappa shape index (κ2) is 2.09. The lowest BCUT2D eigenvalue weighted by Crippen LogP contribution is -2.52. The van der Waals surface area contributed by atoms with Gasteiger partial charge in [-0.25, -0.2) is 0 Å². The number of carbonyl (C=O) groups is 1. The summed E-state index contributed by atoms with van der Waals surface area (Å²) in [6, 6.07) is 0. The summed E-state index contributed by atoms with van der Waals surface area (Å²) in [6.45, 7) is 4.64. The fraction of sp³-hybridized carbons (Fsp3) is 0.900. The van der Waals surface area contributed by atoms with Crippen molar-refractivity contribution in [1.82, 2.24) is 0 Å². The Balaban J connectivity index is 2.16. The van der Waals surface area contributed by atoms with E-state index >= 15 is 0 Å². The van der Waals surface area contributed by atoms with Gasteiger partial charge in [-0.2, -0.15) is 0 Å². The van der Waals surface area contributed by atoms with E-state index in [-0.39, 0.29) is 0 Å². The summed E-state index contributed by atoms with van der Waals surface area (Å²) in [6.07, 6.45) is 4.94.